The van der Waals surface area contributed by atoms with E-state index in [1.165, 1.54) is 29.1 Å². The minimum Gasteiger partial charge on any atom is -0.399 e. The molecule has 0 aliphatic heterocycles. The predicted molar refractivity (Wildman–Crippen MR) is 88.9 cm³/mol. The summed E-state index contributed by atoms with van der Waals surface area (Å²) >= 11 is 1.83. The van der Waals surface area contributed by atoms with Crippen LogP contribution < -0.4 is 5.73 Å². The molecule has 4 heteroatoms. The zero-order valence-electron chi connectivity index (χ0n) is 12.1. The number of benzene rings is 1. The monoisotopic (exact) mass is 297 g/mol. The van der Waals surface area contributed by atoms with E-state index in [1.54, 1.807) is 0 Å². The second kappa shape index (κ2) is 4.88. The first-order chi connectivity index (χ1) is 10.3. The van der Waals surface area contributed by atoms with Crippen LogP contribution in [0.4, 0.5) is 5.69 Å². The van der Waals surface area contributed by atoms with Gasteiger partial charge in [-0.2, -0.15) is 0 Å². The number of aromatic nitrogens is 2. The lowest BCUT2D eigenvalue weighted by atomic mass is 10.1. The normalized spacial score (nSPS) is 16.4. The van der Waals surface area contributed by atoms with Crippen LogP contribution in [0.5, 0.6) is 0 Å². The van der Waals surface area contributed by atoms with Gasteiger partial charge < -0.3 is 10.3 Å². The molecule has 2 heterocycles. The Bertz CT molecular complexity index is 769. The molecule has 1 aliphatic carbocycles. The van der Waals surface area contributed by atoms with E-state index in [0.717, 1.165) is 17.6 Å². The van der Waals surface area contributed by atoms with E-state index < -0.39 is 0 Å². The molecular weight excluding hydrogens is 278 g/mol. The average molecular weight is 297 g/mol. The molecule has 3 nitrogen and oxygen atoms in total. The molecular formula is C17H19N3S. The Morgan fingerprint density at radius 1 is 1.38 bits per heavy atom. The Balaban J connectivity index is 1.94. The molecule has 21 heavy (non-hydrogen) atoms. The zero-order chi connectivity index (χ0) is 14.4. The highest BCUT2D eigenvalue weighted by molar-refractivity contribution is 7.10. The van der Waals surface area contributed by atoms with Crippen LogP contribution in [0.1, 0.15) is 48.8 Å². The maximum absolute atomic E-state index is 5.93. The van der Waals surface area contributed by atoms with E-state index in [1.807, 2.05) is 23.5 Å². The molecule has 1 aromatic carbocycles. The Labute approximate surface area is 128 Å². The van der Waals surface area contributed by atoms with Crippen molar-refractivity contribution in [3.63, 3.8) is 0 Å². The average Bonchev–Trinajstić information content (AvgIpc) is 3.06. The van der Waals surface area contributed by atoms with Crippen molar-refractivity contribution in [3.8, 4) is 0 Å². The van der Waals surface area contributed by atoms with E-state index in [0.29, 0.717) is 12.0 Å². The van der Waals surface area contributed by atoms with Gasteiger partial charge >= 0.3 is 0 Å². The Morgan fingerprint density at radius 2 is 2.24 bits per heavy atom. The second-order valence-electron chi connectivity index (χ2n) is 5.80. The quantitative estimate of drug-likeness (QED) is 0.718. The minimum atomic E-state index is 0.384. The van der Waals surface area contributed by atoms with E-state index >= 15 is 0 Å². The predicted octanol–water partition coefficient (Wildman–Crippen LogP) is 4.56. The van der Waals surface area contributed by atoms with Gasteiger partial charge in [0.25, 0.3) is 0 Å². The SMILES string of the molecule is CCC(c1cccs1)n1c(C2CC2)nc2cc(N)ccc21. The fourth-order valence-electron chi connectivity index (χ4n) is 3.08. The number of fused-ring (bicyclic) bond motifs is 1. The molecule has 0 amide bonds. The summed E-state index contributed by atoms with van der Waals surface area (Å²) in [6, 6.07) is 10.9. The van der Waals surface area contributed by atoms with Crippen molar-refractivity contribution < 1.29 is 0 Å². The molecule has 0 saturated heterocycles. The molecule has 0 spiro atoms. The number of hydrogen-bond acceptors (Lipinski definition) is 3. The number of thiophene rings is 1. The molecule has 3 aromatic rings. The van der Waals surface area contributed by atoms with Crippen LogP contribution in [0, 0.1) is 0 Å². The van der Waals surface area contributed by atoms with Gasteiger partial charge in [0.15, 0.2) is 0 Å². The maximum atomic E-state index is 5.93. The van der Waals surface area contributed by atoms with Crippen LogP contribution in [-0.4, -0.2) is 9.55 Å². The van der Waals surface area contributed by atoms with Crippen LogP contribution >= 0.6 is 11.3 Å². The lowest BCUT2D eigenvalue weighted by Crippen LogP contribution is -2.11. The number of hydrogen-bond donors (Lipinski definition) is 1. The summed E-state index contributed by atoms with van der Waals surface area (Å²) in [6.45, 7) is 2.25. The summed E-state index contributed by atoms with van der Waals surface area (Å²) < 4.78 is 2.46. The smallest absolute Gasteiger partial charge is 0.113 e. The molecule has 1 unspecified atom stereocenters. The first-order valence-electron chi connectivity index (χ1n) is 7.58. The molecule has 4 rings (SSSR count). The third-order valence-corrected chi connectivity index (χ3v) is 5.23. The summed E-state index contributed by atoms with van der Waals surface area (Å²) in [6.07, 6.45) is 3.61. The van der Waals surface area contributed by atoms with Crippen molar-refractivity contribution in [1.29, 1.82) is 0 Å². The number of imidazole rings is 1. The first kappa shape index (κ1) is 12.9. The molecule has 2 N–H and O–H groups in total. The van der Waals surface area contributed by atoms with Crippen molar-refractivity contribution in [2.45, 2.75) is 38.1 Å². The number of nitrogen functional groups attached to an aromatic ring is 1. The van der Waals surface area contributed by atoms with E-state index in [2.05, 4.69) is 35.1 Å². The van der Waals surface area contributed by atoms with Crippen molar-refractivity contribution >= 4 is 28.1 Å². The van der Waals surface area contributed by atoms with E-state index in [9.17, 15) is 0 Å². The van der Waals surface area contributed by atoms with Crippen molar-refractivity contribution in [2.75, 3.05) is 5.73 Å². The van der Waals surface area contributed by atoms with Gasteiger partial charge in [0.2, 0.25) is 0 Å². The highest BCUT2D eigenvalue weighted by Crippen LogP contribution is 2.43. The van der Waals surface area contributed by atoms with Crippen LogP contribution in [0.3, 0.4) is 0 Å². The van der Waals surface area contributed by atoms with Crippen LogP contribution in [0.15, 0.2) is 35.7 Å². The molecule has 0 bridgehead atoms. The molecule has 2 aromatic heterocycles. The largest absolute Gasteiger partial charge is 0.399 e. The van der Waals surface area contributed by atoms with Crippen LogP contribution in [0.2, 0.25) is 0 Å². The molecule has 1 fully saturated rings. The fourth-order valence-corrected chi connectivity index (χ4v) is 3.98. The molecule has 1 aliphatic rings. The Kier molecular flexibility index (Phi) is 3.00. The lowest BCUT2D eigenvalue weighted by molar-refractivity contribution is 0.564. The Morgan fingerprint density at radius 3 is 2.90 bits per heavy atom. The molecule has 1 saturated carbocycles. The number of rotatable bonds is 4. The maximum Gasteiger partial charge on any atom is 0.113 e. The van der Waals surface area contributed by atoms with Gasteiger partial charge in [0, 0.05) is 16.5 Å². The topological polar surface area (TPSA) is 43.8 Å². The van der Waals surface area contributed by atoms with Gasteiger partial charge in [-0.25, -0.2) is 4.98 Å². The molecule has 0 radical (unpaired) electrons. The summed E-state index contributed by atoms with van der Waals surface area (Å²) in [7, 11) is 0. The number of anilines is 1. The Hall–Kier alpha value is -1.81. The van der Waals surface area contributed by atoms with Crippen molar-refractivity contribution in [2.24, 2.45) is 0 Å². The first-order valence-corrected chi connectivity index (χ1v) is 8.46. The van der Waals surface area contributed by atoms with E-state index in [-0.39, 0.29) is 0 Å². The summed E-state index contributed by atoms with van der Waals surface area (Å²) in [5.41, 5.74) is 8.97. The standard InChI is InChI=1S/C17H19N3S/c1-2-14(16-4-3-9-21-16)20-15-8-7-12(18)10-13(15)19-17(20)11-5-6-11/h3-4,7-11,14H,2,5-6,18H2,1H3. The van der Waals surface area contributed by atoms with Crippen LogP contribution in [-0.2, 0) is 0 Å². The third kappa shape index (κ3) is 2.14. The highest BCUT2D eigenvalue weighted by atomic mass is 32.1. The van der Waals surface area contributed by atoms with Gasteiger partial charge in [-0.05, 0) is 48.9 Å². The summed E-state index contributed by atoms with van der Waals surface area (Å²) in [4.78, 5) is 6.31. The number of nitrogens with zero attached hydrogens (tertiary/aromatic N) is 2. The second-order valence-corrected chi connectivity index (χ2v) is 6.78. The fraction of sp³-hybridized carbons (Fsp3) is 0.353. The van der Waals surface area contributed by atoms with E-state index in [4.69, 9.17) is 10.7 Å². The van der Waals surface area contributed by atoms with Crippen molar-refractivity contribution in [1.82, 2.24) is 9.55 Å². The number of nitrogens with two attached hydrogens (primary N) is 1. The highest BCUT2D eigenvalue weighted by Gasteiger charge is 2.32. The lowest BCUT2D eigenvalue weighted by Gasteiger charge is -2.19. The van der Waals surface area contributed by atoms with Gasteiger partial charge in [-0.3, -0.25) is 0 Å². The zero-order valence-corrected chi connectivity index (χ0v) is 12.9. The van der Waals surface area contributed by atoms with Gasteiger partial charge in [-0.1, -0.05) is 13.0 Å². The molecule has 1 atom stereocenters. The summed E-state index contributed by atoms with van der Waals surface area (Å²) in [5, 5.41) is 2.16. The van der Waals surface area contributed by atoms with Gasteiger partial charge in [0.05, 0.1) is 17.1 Å². The van der Waals surface area contributed by atoms with Gasteiger partial charge in [-0.15, -0.1) is 11.3 Å². The van der Waals surface area contributed by atoms with Crippen LogP contribution in [0.25, 0.3) is 11.0 Å². The van der Waals surface area contributed by atoms with Crippen molar-refractivity contribution in [3.05, 3.63) is 46.4 Å². The minimum absolute atomic E-state index is 0.384. The summed E-state index contributed by atoms with van der Waals surface area (Å²) in [5.74, 6) is 1.88. The molecule has 108 valence electrons. The van der Waals surface area contributed by atoms with Gasteiger partial charge in [0.1, 0.15) is 5.82 Å². The third-order valence-electron chi connectivity index (χ3n) is 4.25.